The smallest absolute Gasteiger partial charge is 0.167 e. The quantitative estimate of drug-likeness (QED) is 0.741. The van der Waals surface area contributed by atoms with E-state index in [2.05, 4.69) is 27.8 Å². The van der Waals surface area contributed by atoms with E-state index in [9.17, 15) is 0 Å². The van der Waals surface area contributed by atoms with Gasteiger partial charge in [-0.05, 0) is 17.4 Å². The third kappa shape index (κ3) is 1.83. The molecule has 5 nitrogen and oxygen atoms in total. The molecule has 0 saturated carbocycles. The van der Waals surface area contributed by atoms with Gasteiger partial charge in [0, 0.05) is 24.6 Å². The Morgan fingerprint density at radius 1 is 1.62 bits per heavy atom. The van der Waals surface area contributed by atoms with Crippen LogP contribution in [0.3, 0.4) is 0 Å². The largest absolute Gasteiger partial charge is 0.303 e. The van der Waals surface area contributed by atoms with Crippen LogP contribution >= 0.6 is 11.8 Å². The summed E-state index contributed by atoms with van der Waals surface area (Å²) in [6, 6.07) is 0.877. The number of nitrogens with one attached hydrogen (secondary N) is 1. The predicted molar refractivity (Wildman–Crippen MR) is 51.5 cm³/mol. The van der Waals surface area contributed by atoms with Gasteiger partial charge in [-0.2, -0.15) is 11.8 Å². The Labute approximate surface area is 81.3 Å². The lowest BCUT2D eigenvalue weighted by atomic mass is 10.2. The highest BCUT2D eigenvalue weighted by atomic mass is 32.2. The Kier molecular flexibility index (Phi) is 2.50. The fourth-order valence-corrected chi connectivity index (χ4v) is 2.03. The molecular weight excluding hydrogens is 186 g/mol. The van der Waals surface area contributed by atoms with Gasteiger partial charge in [-0.25, -0.2) is 4.68 Å². The highest BCUT2D eigenvalue weighted by molar-refractivity contribution is 8.00. The first-order chi connectivity index (χ1) is 6.27. The molecule has 0 aromatic carbocycles. The van der Waals surface area contributed by atoms with Gasteiger partial charge in [0.15, 0.2) is 5.82 Å². The molecule has 1 atom stereocenters. The standard InChI is InChI=1S/C7H13N5S/c1-5(8-6-3-13-4-6)7-9-10-11-12(7)2/h5-6,8H,3-4H2,1-2H3. The summed E-state index contributed by atoms with van der Waals surface area (Å²) in [5, 5.41) is 14.8. The average molecular weight is 199 g/mol. The molecule has 0 spiro atoms. The third-order valence-electron chi connectivity index (χ3n) is 2.16. The number of rotatable bonds is 3. The molecule has 1 aromatic rings. The maximum Gasteiger partial charge on any atom is 0.167 e. The van der Waals surface area contributed by atoms with Crippen molar-refractivity contribution in [2.45, 2.75) is 19.0 Å². The molecule has 13 heavy (non-hydrogen) atoms. The number of thioether (sulfide) groups is 1. The van der Waals surface area contributed by atoms with Crippen LogP contribution in [0.1, 0.15) is 18.8 Å². The average Bonchev–Trinajstić information content (AvgIpc) is 2.43. The fourth-order valence-electron chi connectivity index (χ4n) is 1.36. The molecule has 2 heterocycles. The summed E-state index contributed by atoms with van der Waals surface area (Å²) in [6.45, 7) is 2.09. The summed E-state index contributed by atoms with van der Waals surface area (Å²) < 4.78 is 1.71. The van der Waals surface area contributed by atoms with E-state index < -0.39 is 0 Å². The Morgan fingerprint density at radius 3 is 2.85 bits per heavy atom. The molecule has 2 rings (SSSR count). The van der Waals surface area contributed by atoms with Gasteiger partial charge in [-0.1, -0.05) is 0 Å². The normalized spacial score (nSPS) is 19.8. The number of tetrazole rings is 1. The second-order valence-electron chi connectivity index (χ2n) is 3.28. The molecule has 0 amide bonds. The van der Waals surface area contributed by atoms with E-state index in [4.69, 9.17) is 0 Å². The van der Waals surface area contributed by atoms with Crippen molar-refractivity contribution in [3.8, 4) is 0 Å². The molecule has 6 heteroatoms. The van der Waals surface area contributed by atoms with E-state index in [1.165, 1.54) is 11.5 Å². The third-order valence-corrected chi connectivity index (χ3v) is 3.44. The molecule has 1 unspecified atom stereocenters. The van der Waals surface area contributed by atoms with Crippen LogP contribution in [0.15, 0.2) is 0 Å². The van der Waals surface area contributed by atoms with Crippen molar-refractivity contribution in [1.82, 2.24) is 25.5 Å². The van der Waals surface area contributed by atoms with E-state index >= 15 is 0 Å². The second kappa shape index (κ2) is 3.63. The van der Waals surface area contributed by atoms with Crippen LogP contribution in [0.2, 0.25) is 0 Å². The van der Waals surface area contributed by atoms with Crippen LogP contribution in [0.5, 0.6) is 0 Å². The molecule has 1 aromatic heterocycles. The van der Waals surface area contributed by atoms with Gasteiger partial charge in [0.05, 0.1) is 6.04 Å². The zero-order valence-electron chi connectivity index (χ0n) is 7.77. The monoisotopic (exact) mass is 199 g/mol. The second-order valence-corrected chi connectivity index (χ2v) is 4.36. The van der Waals surface area contributed by atoms with E-state index in [0.717, 1.165) is 5.82 Å². The van der Waals surface area contributed by atoms with Crippen LogP contribution in [-0.2, 0) is 7.05 Å². The Hall–Kier alpha value is -0.620. The minimum absolute atomic E-state index is 0.242. The Balaban J connectivity index is 1.96. The Morgan fingerprint density at radius 2 is 2.38 bits per heavy atom. The first kappa shape index (κ1) is 8.96. The molecule has 1 N–H and O–H groups in total. The van der Waals surface area contributed by atoms with Crippen molar-refractivity contribution in [2.24, 2.45) is 7.05 Å². The first-order valence-corrected chi connectivity index (χ1v) is 5.49. The van der Waals surface area contributed by atoms with Crippen LogP contribution in [-0.4, -0.2) is 37.8 Å². The van der Waals surface area contributed by atoms with Gasteiger partial charge < -0.3 is 5.32 Å². The number of aromatic nitrogens is 4. The number of hydrogen-bond donors (Lipinski definition) is 1. The van der Waals surface area contributed by atoms with Crippen LogP contribution in [0, 0.1) is 0 Å². The topological polar surface area (TPSA) is 55.6 Å². The minimum Gasteiger partial charge on any atom is -0.303 e. The lowest BCUT2D eigenvalue weighted by Gasteiger charge is -2.28. The van der Waals surface area contributed by atoms with Crippen molar-refractivity contribution in [2.75, 3.05) is 11.5 Å². The molecule has 0 aliphatic carbocycles. The molecule has 1 aliphatic rings. The highest BCUT2D eigenvalue weighted by Gasteiger charge is 2.22. The summed E-state index contributed by atoms with van der Waals surface area (Å²) in [5.74, 6) is 3.31. The van der Waals surface area contributed by atoms with E-state index in [1.807, 2.05) is 18.8 Å². The van der Waals surface area contributed by atoms with Crippen LogP contribution in [0.4, 0.5) is 0 Å². The van der Waals surface area contributed by atoms with E-state index in [0.29, 0.717) is 6.04 Å². The highest BCUT2D eigenvalue weighted by Crippen LogP contribution is 2.20. The van der Waals surface area contributed by atoms with Crippen molar-refractivity contribution in [3.63, 3.8) is 0 Å². The molecule has 0 radical (unpaired) electrons. The summed E-state index contributed by atoms with van der Waals surface area (Å²) >= 11 is 1.97. The van der Waals surface area contributed by atoms with Gasteiger partial charge >= 0.3 is 0 Å². The molecule has 0 bridgehead atoms. The summed E-state index contributed by atoms with van der Waals surface area (Å²) in [5.41, 5.74) is 0. The SMILES string of the molecule is CC(NC1CSC1)c1nnnn1C. The summed E-state index contributed by atoms with van der Waals surface area (Å²) in [6.07, 6.45) is 0. The minimum atomic E-state index is 0.242. The van der Waals surface area contributed by atoms with Gasteiger partial charge in [-0.15, -0.1) is 5.10 Å². The zero-order chi connectivity index (χ0) is 9.26. The van der Waals surface area contributed by atoms with Crippen LogP contribution in [0.25, 0.3) is 0 Å². The Bertz CT molecular complexity index is 282. The number of nitrogens with zero attached hydrogens (tertiary/aromatic N) is 4. The predicted octanol–water partition coefficient (Wildman–Crippen LogP) is -0.0239. The fraction of sp³-hybridized carbons (Fsp3) is 0.857. The first-order valence-electron chi connectivity index (χ1n) is 4.33. The van der Waals surface area contributed by atoms with Gasteiger partial charge in [0.1, 0.15) is 0 Å². The van der Waals surface area contributed by atoms with Gasteiger partial charge in [0.25, 0.3) is 0 Å². The zero-order valence-corrected chi connectivity index (χ0v) is 8.58. The lowest BCUT2D eigenvalue weighted by Crippen LogP contribution is -2.42. The molecule has 72 valence electrons. The maximum absolute atomic E-state index is 3.96. The summed E-state index contributed by atoms with van der Waals surface area (Å²) in [4.78, 5) is 0. The molecule has 1 aliphatic heterocycles. The number of aryl methyl sites for hydroxylation is 1. The molecule has 1 fully saturated rings. The molecular formula is C7H13N5S. The van der Waals surface area contributed by atoms with Crippen molar-refractivity contribution >= 4 is 11.8 Å². The van der Waals surface area contributed by atoms with Crippen molar-refractivity contribution in [3.05, 3.63) is 5.82 Å². The van der Waals surface area contributed by atoms with E-state index in [-0.39, 0.29) is 6.04 Å². The van der Waals surface area contributed by atoms with E-state index in [1.54, 1.807) is 4.68 Å². The van der Waals surface area contributed by atoms with Crippen molar-refractivity contribution in [1.29, 1.82) is 0 Å². The lowest BCUT2D eigenvalue weighted by molar-refractivity contribution is 0.467. The van der Waals surface area contributed by atoms with Gasteiger partial charge in [-0.3, -0.25) is 0 Å². The van der Waals surface area contributed by atoms with Crippen molar-refractivity contribution < 1.29 is 0 Å². The number of hydrogen-bond acceptors (Lipinski definition) is 5. The summed E-state index contributed by atoms with van der Waals surface area (Å²) in [7, 11) is 1.86. The maximum atomic E-state index is 3.96. The van der Waals surface area contributed by atoms with Gasteiger partial charge in [0.2, 0.25) is 0 Å². The molecule has 1 saturated heterocycles. The van der Waals surface area contributed by atoms with Crippen LogP contribution < -0.4 is 5.32 Å².